The predicted octanol–water partition coefficient (Wildman–Crippen LogP) is 2.39. The van der Waals surface area contributed by atoms with Crippen LogP contribution in [0.3, 0.4) is 0 Å². The second-order valence-corrected chi connectivity index (χ2v) is 4.71. The third kappa shape index (κ3) is 1.83. The number of aryl methyl sites for hydroxylation is 1. The van der Waals surface area contributed by atoms with E-state index in [1.54, 1.807) is 0 Å². The molecule has 1 aromatic heterocycles. The van der Waals surface area contributed by atoms with E-state index in [0.717, 1.165) is 41.5 Å². The standard InChI is InChI=1S/C12H13ClN4/c13-9-6-4-8(5-7-9)12-16-15-11-3-1-2-10(14)17(11)12/h4-7,10H,1-3,14H2. The molecule has 0 amide bonds. The molecule has 17 heavy (non-hydrogen) atoms. The third-order valence-electron chi connectivity index (χ3n) is 3.10. The topological polar surface area (TPSA) is 56.7 Å². The smallest absolute Gasteiger partial charge is 0.165 e. The number of aromatic nitrogens is 3. The molecule has 1 aromatic carbocycles. The van der Waals surface area contributed by atoms with Crippen LogP contribution in [0, 0.1) is 0 Å². The van der Waals surface area contributed by atoms with Gasteiger partial charge in [0.1, 0.15) is 5.82 Å². The minimum absolute atomic E-state index is 0.0144. The molecular formula is C12H13ClN4. The molecule has 0 aliphatic carbocycles. The summed E-state index contributed by atoms with van der Waals surface area (Å²) in [6.07, 6.45) is 3.00. The summed E-state index contributed by atoms with van der Waals surface area (Å²) in [6, 6.07) is 7.60. The summed E-state index contributed by atoms with van der Waals surface area (Å²) in [5.74, 6) is 1.82. The van der Waals surface area contributed by atoms with E-state index in [4.69, 9.17) is 17.3 Å². The Hall–Kier alpha value is -1.39. The van der Waals surface area contributed by atoms with Crippen molar-refractivity contribution in [2.75, 3.05) is 0 Å². The van der Waals surface area contributed by atoms with Crippen molar-refractivity contribution >= 4 is 11.6 Å². The summed E-state index contributed by atoms with van der Waals surface area (Å²) in [6.45, 7) is 0. The highest BCUT2D eigenvalue weighted by Crippen LogP contribution is 2.27. The molecule has 2 N–H and O–H groups in total. The minimum atomic E-state index is -0.0144. The molecule has 88 valence electrons. The average molecular weight is 249 g/mol. The molecule has 5 heteroatoms. The molecule has 0 saturated carbocycles. The first-order valence-electron chi connectivity index (χ1n) is 5.71. The molecule has 1 aliphatic heterocycles. The van der Waals surface area contributed by atoms with E-state index >= 15 is 0 Å². The molecular weight excluding hydrogens is 236 g/mol. The van der Waals surface area contributed by atoms with Crippen LogP contribution in [0.2, 0.25) is 5.02 Å². The highest BCUT2D eigenvalue weighted by Gasteiger charge is 2.22. The monoisotopic (exact) mass is 248 g/mol. The Morgan fingerprint density at radius 3 is 2.76 bits per heavy atom. The summed E-state index contributed by atoms with van der Waals surface area (Å²) in [5.41, 5.74) is 7.12. The van der Waals surface area contributed by atoms with E-state index < -0.39 is 0 Å². The van der Waals surface area contributed by atoms with Crippen LogP contribution in [0.4, 0.5) is 0 Å². The van der Waals surface area contributed by atoms with Gasteiger partial charge in [-0.3, -0.25) is 4.57 Å². The number of rotatable bonds is 1. The van der Waals surface area contributed by atoms with Crippen LogP contribution in [0.5, 0.6) is 0 Å². The van der Waals surface area contributed by atoms with Crippen LogP contribution in [0.1, 0.15) is 24.8 Å². The Balaban J connectivity index is 2.09. The van der Waals surface area contributed by atoms with Crippen LogP contribution in [0.25, 0.3) is 11.4 Å². The Bertz CT molecular complexity index is 532. The number of fused-ring (bicyclic) bond motifs is 1. The zero-order valence-electron chi connectivity index (χ0n) is 9.31. The number of hydrogen-bond acceptors (Lipinski definition) is 3. The molecule has 0 radical (unpaired) electrons. The third-order valence-corrected chi connectivity index (χ3v) is 3.35. The lowest BCUT2D eigenvalue weighted by Crippen LogP contribution is -2.25. The number of nitrogens with zero attached hydrogens (tertiary/aromatic N) is 3. The Labute approximate surface area is 104 Å². The lowest BCUT2D eigenvalue weighted by molar-refractivity contribution is 0.412. The van der Waals surface area contributed by atoms with Crippen LogP contribution < -0.4 is 5.73 Å². The van der Waals surface area contributed by atoms with Crippen LogP contribution in [0.15, 0.2) is 24.3 Å². The van der Waals surface area contributed by atoms with Gasteiger partial charge in [0.05, 0.1) is 6.17 Å². The van der Waals surface area contributed by atoms with Gasteiger partial charge in [0.25, 0.3) is 0 Å². The molecule has 4 nitrogen and oxygen atoms in total. The van der Waals surface area contributed by atoms with Gasteiger partial charge in [0.2, 0.25) is 0 Å². The zero-order chi connectivity index (χ0) is 11.8. The molecule has 1 unspecified atom stereocenters. The van der Waals surface area contributed by atoms with Crippen LogP contribution in [-0.2, 0) is 6.42 Å². The van der Waals surface area contributed by atoms with Crippen molar-refractivity contribution in [3.05, 3.63) is 35.1 Å². The first-order valence-corrected chi connectivity index (χ1v) is 6.09. The molecule has 2 heterocycles. The Kier molecular flexibility index (Phi) is 2.61. The quantitative estimate of drug-likeness (QED) is 0.843. The fraction of sp³-hybridized carbons (Fsp3) is 0.333. The van der Waals surface area contributed by atoms with Gasteiger partial charge in [-0.15, -0.1) is 10.2 Å². The van der Waals surface area contributed by atoms with Crippen molar-refractivity contribution in [2.45, 2.75) is 25.4 Å². The maximum atomic E-state index is 6.12. The lowest BCUT2D eigenvalue weighted by atomic mass is 10.1. The highest BCUT2D eigenvalue weighted by atomic mass is 35.5. The lowest BCUT2D eigenvalue weighted by Gasteiger charge is -2.22. The summed E-state index contributed by atoms with van der Waals surface area (Å²) in [7, 11) is 0. The number of halogens is 1. The summed E-state index contributed by atoms with van der Waals surface area (Å²) >= 11 is 5.88. The van der Waals surface area contributed by atoms with Crippen molar-refractivity contribution < 1.29 is 0 Å². The van der Waals surface area contributed by atoms with Gasteiger partial charge in [-0.25, -0.2) is 0 Å². The minimum Gasteiger partial charge on any atom is -0.311 e. The maximum absolute atomic E-state index is 6.12. The van der Waals surface area contributed by atoms with E-state index in [9.17, 15) is 0 Å². The van der Waals surface area contributed by atoms with Gasteiger partial charge >= 0.3 is 0 Å². The number of benzene rings is 1. The fourth-order valence-corrected chi connectivity index (χ4v) is 2.36. The SMILES string of the molecule is NC1CCCc2nnc(-c3ccc(Cl)cc3)n21. The zero-order valence-corrected chi connectivity index (χ0v) is 10.1. The molecule has 2 aromatic rings. The van der Waals surface area contributed by atoms with Crippen LogP contribution in [-0.4, -0.2) is 14.8 Å². The normalized spacial score (nSPS) is 19.1. The van der Waals surface area contributed by atoms with Gasteiger partial charge in [0, 0.05) is 17.0 Å². The number of nitrogens with two attached hydrogens (primary N) is 1. The van der Waals surface area contributed by atoms with Gasteiger partial charge in [0.15, 0.2) is 5.82 Å². The van der Waals surface area contributed by atoms with Crippen molar-refractivity contribution in [2.24, 2.45) is 5.73 Å². The molecule has 0 fully saturated rings. The number of hydrogen-bond donors (Lipinski definition) is 1. The summed E-state index contributed by atoms with van der Waals surface area (Å²) in [5, 5.41) is 9.16. The highest BCUT2D eigenvalue weighted by molar-refractivity contribution is 6.30. The maximum Gasteiger partial charge on any atom is 0.165 e. The van der Waals surface area contributed by atoms with Crippen molar-refractivity contribution in [1.29, 1.82) is 0 Å². The summed E-state index contributed by atoms with van der Waals surface area (Å²) < 4.78 is 2.03. The first-order chi connectivity index (χ1) is 8.25. The summed E-state index contributed by atoms with van der Waals surface area (Å²) in [4.78, 5) is 0. The van der Waals surface area contributed by atoms with E-state index in [2.05, 4.69) is 10.2 Å². The largest absolute Gasteiger partial charge is 0.311 e. The van der Waals surface area contributed by atoms with Gasteiger partial charge in [-0.2, -0.15) is 0 Å². The van der Waals surface area contributed by atoms with Crippen LogP contribution >= 0.6 is 11.6 Å². The van der Waals surface area contributed by atoms with Gasteiger partial charge in [-0.1, -0.05) is 11.6 Å². The van der Waals surface area contributed by atoms with Gasteiger partial charge < -0.3 is 5.73 Å². The fourth-order valence-electron chi connectivity index (χ4n) is 2.24. The molecule has 1 aliphatic rings. The van der Waals surface area contributed by atoms with Crippen molar-refractivity contribution in [3.8, 4) is 11.4 Å². The van der Waals surface area contributed by atoms with Crippen molar-refractivity contribution in [1.82, 2.24) is 14.8 Å². The molecule has 0 spiro atoms. The Morgan fingerprint density at radius 1 is 1.24 bits per heavy atom. The predicted molar refractivity (Wildman–Crippen MR) is 66.6 cm³/mol. The van der Waals surface area contributed by atoms with Crippen molar-refractivity contribution in [3.63, 3.8) is 0 Å². The van der Waals surface area contributed by atoms with E-state index in [1.807, 2.05) is 28.8 Å². The van der Waals surface area contributed by atoms with E-state index in [1.165, 1.54) is 0 Å². The average Bonchev–Trinajstić information content (AvgIpc) is 2.75. The molecule has 3 rings (SSSR count). The second kappa shape index (κ2) is 4.13. The molecule has 1 atom stereocenters. The second-order valence-electron chi connectivity index (χ2n) is 4.28. The van der Waals surface area contributed by atoms with Gasteiger partial charge in [-0.05, 0) is 37.1 Å². The van der Waals surface area contributed by atoms with E-state index in [0.29, 0.717) is 0 Å². The first kappa shape index (κ1) is 10.7. The molecule has 0 saturated heterocycles. The Morgan fingerprint density at radius 2 is 2.00 bits per heavy atom. The molecule has 0 bridgehead atoms. The van der Waals surface area contributed by atoms with E-state index in [-0.39, 0.29) is 6.17 Å².